The van der Waals surface area contributed by atoms with E-state index in [4.69, 9.17) is 10.1 Å². The molecule has 5 nitrogen and oxygen atoms in total. The van der Waals surface area contributed by atoms with E-state index in [9.17, 15) is 4.79 Å². The minimum Gasteiger partial charge on any atom is -0.489 e. The molecule has 1 atom stereocenters. The fourth-order valence-corrected chi connectivity index (χ4v) is 4.40. The standard InChI is InChI=1S/C23H23N3O2S/c1-23(13-21(27)26(2)22(24)25-23)20-12-18(15-29-20)17-9-6-10-19(11-17)28-14-16-7-4-3-5-8-16/h3-12,15H,13-14H2,1-2H3,(H2,24,25)/t23-/m0/s1. The molecule has 3 aromatic rings. The molecule has 0 saturated carbocycles. The van der Waals surface area contributed by atoms with Crippen LogP contribution >= 0.6 is 11.3 Å². The van der Waals surface area contributed by atoms with Crippen molar-refractivity contribution in [1.29, 1.82) is 5.41 Å². The molecule has 148 valence electrons. The zero-order valence-corrected chi connectivity index (χ0v) is 17.3. The third-order valence-corrected chi connectivity index (χ3v) is 6.36. The van der Waals surface area contributed by atoms with Crippen molar-refractivity contribution in [2.24, 2.45) is 0 Å². The molecular weight excluding hydrogens is 382 g/mol. The molecule has 1 fully saturated rings. The molecular formula is C23H23N3O2S. The Morgan fingerprint density at radius 1 is 1.14 bits per heavy atom. The number of carbonyl (C=O) groups excluding carboxylic acids is 1. The van der Waals surface area contributed by atoms with Gasteiger partial charge >= 0.3 is 0 Å². The Morgan fingerprint density at radius 3 is 2.69 bits per heavy atom. The minimum atomic E-state index is -0.564. The van der Waals surface area contributed by atoms with Crippen molar-refractivity contribution in [2.45, 2.75) is 25.5 Å². The number of guanidine groups is 1. The van der Waals surface area contributed by atoms with Crippen LogP contribution in [0.25, 0.3) is 11.1 Å². The van der Waals surface area contributed by atoms with Gasteiger partial charge in [-0.3, -0.25) is 15.1 Å². The molecule has 0 radical (unpaired) electrons. The summed E-state index contributed by atoms with van der Waals surface area (Å²) >= 11 is 1.60. The predicted octanol–water partition coefficient (Wildman–Crippen LogP) is 4.60. The molecule has 2 heterocycles. The Labute approximate surface area is 174 Å². The lowest BCUT2D eigenvalue weighted by Crippen LogP contribution is -2.57. The first-order valence-electron chi connectivity index (χ1n) is 9.44. The Morgan fingerprint density at radius 2 is 1.93 bits per heavy atom. The SMILES string of the molecule is CN1C(=N)N[C@](C)(c2cc(-c3cccc(OCc4ccccc4)c3)cs2)CC1=O. The smallest absolute Gasteiger partial charge is 0.231 e. The maximum absolute atomic E-state index is 12.2. The average Bonchev–Trinajstić information content (AvgIpc) is 3.23. The molecule has 2 N–H and O–H groups in total. The van der Waals surface area contributed by atoms with Gasteiger partial charge in [0.05, 0.1) is 12.0 Å². The molecule has 1 amide bonds. The van der Waals surface area contributed by atoms with Crippen molar-refractivity contribution in [1.82, 2.24) is 10.2 Å². The third-order valence-electron chi connectivity index (χ3n) is 5.17. The molecule has 0 spiro atoms. The van der Waals surface area contributed by atoms with Crippen molar-refractivity contribution in [2.75, 3.05) is 7.05 Å². The van der Waals surface area contributed by atoms with E-state index < -0.39 is 5.54 Å². The maximum Gasteiger partial charge on any atom is 0.231 e. The molecule has 1 aliphatic heterocycles. The Balaban J connectivity index is 1.52. The van der Waals surface area contributed by atoms with Crippen molar-refractivity contribution < 1.29 is 9.53 Å². The number of nitrogens with one attached hydrogen (secondary N) is 2. The predicted molar refractivity (Wildman–Crippen MR) is 116 cm³/mol. The number of benzene rings is 2. The van der Waals surface area contributed by atoms with Gasteiger partial charge < -0.3 is 10.1 Å². The molecule has 1 aliphatic rings. The first-order chi connectivity index (χ1) is 13.9. The lowest BCUT2D eigenvalue weighted by Gasteiger charge is -2.38. The number of ether oxygens (including phenoxy) is 1. The van der Waals surface area contributed by atoms with Gasteiger partial charge in [-0.25, -0.2) is 0 Å². The molecule has 0 unspecified atom stereocenters. The first kappa shape index (κ1) is 19.2. The fourth-order valence-electron chi connectivity index (χ4n) is 3.37. The molecule has 1 aromatic heterocycles. The highest BCUT2D eigenvalue weighted by atomic mass is 32.1. The van der Waals surface area contributed by atoms with E-state index in [0.717, 1.165) is 27.3 Å². The summed E-state index contributed by atoms with van der Waals surface area (Å²) in [6.45, 7) is 2.50. The van der Waals surface area contributed by atoms with Gasteiger partial charge in [0, 0.05) is 11.9 Å². The maximum atomic E-state index is 12.2. The number of rotatable bonds is 5. The Bertz CT molecular complexity index is 1030. The monoisotopic (exact) mass is 405 g/mol. The zero-order chi connectivity index (χ0) is 20.4. The fraction of sp³-hybridized carbons (Fsp3) is 0.217. The van der Waals surface area contributed by atoms with Gasteiger partial charge in [0.2, 0.25) is 5.91 Å². The zero-order valence-electron chi connectivity index (χ0n) is 16.4. The van der Waals surface area contributed by atoms with Crippen LogP contribution in [-0.4, -0.2) is 23.8 Å². The van der Waals surface area contributed by atoms with Gasteiger partial charge in [-0.2, -0.15) is 0 Å². The molecule has 0 bridgehead atoms. The number of hydrogen-bond donors (Lipinski definition) is 2. The van der Waals surface area contributed by atoms with Crippen LogP contribution in [0, 0.1) is 5.41 Å². The van der Waals surface area contributed by atoms with Crippen LogP contribution in [0.5, 0.6) is 5.75 Å². The second-order valence-corrected chi connectivity index (χ2v) is 8.35. The Kier molecular flexibility index (Phi) is 5.11. The third kappa shape index (κ3) is 4.03. The van der Waals surface area contributed by atoms with Crippen LogP contribution in [0.15, 0.2) is 66.0 Å². The number of hydrogen-bond acceptors (Lipinski definition) is 4. The van der Waals surface area contributed by atoms with Gasteiger partial charge in [-0.1, -0.05) is 42.5 Å². The van der Waals surface area contributed by atoms with Gasteiger partial charge in [0.25, 0.3) is 0 Å². The van der Waals surface area contributed by atoms with E-state index in [2.05, 4.69) is 22.8 Å². The van der Waals surface area contributed by atoms with Crippen molar-refractivity contribution in [3.63, 3.8) is 0 Å². The van der Waals surface area contributed by atoms with Gasteiger partial charge in [0.15, 0.2) is 5.96 Å². The van der Waals surface area contributed by atoms with E-state index in [0.29, 0.717) is 13.0 Å². The normalized spacial score (nSPS) is 19.2. The van der Waals surface area contributed by atoms with Crippen molar-refractivity contribution in [3.8, 4) is 16.9 Å². The molecule has 6 heteroatoms. The number of carbonyl (C=O) groups is 1. The highest BCUT2D eigenvalue weighted by molar-refractivity contribution is 7.10. The van der Waals surface area contributed by atoms with Crippen LogP contribution in [-0.2, 0) is 16.9 Å². The van der Waals surface area contributed by atoms with E-state index >= 15 is 0 Å². The first-order valence-corrected chi connectivity index (χ1v) is 10.3. The summed E-state index contributed by atoms with van der Waals surface area (Å²) in [5.41, 5.74) is 2.71. The van der Waals surface area contributed by atoms with E-state index in [1.165, 1.54) is 4.90 Å². The summed E-state index contributed by atoms with van der Waals surface area (Å²) < 4.78 is 5.95. The van der Waals surface area contributed by atoms with Crippen molar-refractivity contribution >= 4 is 23.2 Å². The van der Waals surface area contributed by atoms with Crippen LogP contribution < -0.4 is 10.1 Å². The summed E-state index contributed by atoms with van der Waals surface area (Å²) in [6.07, 6.45) is 0.325. The second-order valence-electron chi connectivity index (χ2n) is 7.44. The topological polar surface area (TPSA) is 65.4 Å². The lowest BCUT2D eigenvalue weighted by molar-refractivity contribution is -0.129. The quantitative estimate of drug-likeness (QED) is 0.652. The molecule has 1 saturated heterocycles. The molecule has 0 aliphatic carbocycles. The summed E-state index contributed by atoms with van der Waals surface area (Å²) in [7, 11) is 1.62. The Hall–Kier alpha value is -3.12. The van der Waals surface area contributed by atoms with Gasteiger partial charge in [-0.05, 0) is 47.2 Å². The lowest BCUT2D eigenvalue weighted by atomic mass is 9.92. The summed E-state index contributed by atoms with van der Waals surface area (Å²) in [5, 5.41) is 13.3. The largest absolute Gasteiger partial charge is 0.489 e. The number of nitrogens with zero attached hydrogens (tertiary/aromatic N) is 1. The van der Waals surface area contributed by atoms with Crippen molar-refractivity contribution in [3.05, 3.63) is 76.5 Å². The van der Waals surface area contributed by atoms with Crippen LogP contribution in [0.3, 0.4) is 0 Å². The van der Waals surface area contributed by atoms with E-state index in [1.54, 1.807) is 18.4 Å². The number of thiophene rings is 1. The minimum absolute atomic E-state index is 0.0532. The van der Waals surface area contributed by atoms with E-state index in [1.807, 2.05) is 55.5 Å². The summed E-state index contributed by atoms with van der Waals surface area (Å²) in [4.78, 5) is 14.6. The summed E-state index contributed by atoms with van der Waals surface area (Å²) in [6, 6.07) is 20.2. The summed E-state index contributed by atoms with van der Waals surface area (Å²) in [5.74, 6) is 0.900. The molecule has 29 heavy (non-hydrogen) atoms. The van der Waals surface area contributed by atoms with Crippen LogP contribution in [0.1, 0.15) is 23.8 Å². The second kappa shape index (κ2) is 7.72. The number of amides is 1. The highest BCUT2D eigenvalue weighted by Crippen LogP contribution is 2.37. The van der Waals surface area contributed by atoms with Gasteiger partial charge in [-0.15, -0.1) is 11.3 Å². The van der Waals surface area contributed by atoms with Crippen LogP contribution in [0.2, 0.25) is 0 Å². The van der Waals surface area contributed by atoms with Crippen LogP contribution in [0.4, 0.5) is 0 Å². The average molecular weight is 406 g/mol. The molecule has 2 aromatic carbocycles. The molecule has 4 rings (SSSR count). The van der Waals surface area contributed by atoms with Gasteiger partial charge in [0.1, 0.15) is 12.4 Å². The van der Waals surface area contributed by atoms with E-state index in [-0.39, 0.29) is 11.9 Å². The highest BCUT2D eigenvalue weighted by Gasteiger charge is 2.38.